The predicted molar refractivity (Wildman–Crippen MR) is 77.7 cm³/mol. The third-order valence-corrected chi connectivity index (χ3v) is 3.06. The molecule has 1 heterocycles. The van der Waals surface area contributed by atoms with E-state index in [1.165, 1.54) is 12.3 Å². The molecule has 0 atom stereocenters. The number of nitro groups is 1. The Morgan fingerprint density at radius 3 is 2.75 bits per heavy atom. The molecule has 7 heteroatoms. The van der Waals surface area contributed by atoms with Crippen molar-refractivity contribution in [2.24, 2.45) is 0 Å². The Morgan fingerprint density at radius 2 is 2.10 bits per heavy atom. The van der Waals surface area contributed by atoms with Crippen molar-refractivity contribution < 1.29 is 9.72 Å². The van der Waals surface area contributed by atoms with Crippen molar-refractivity contribution in [2.75, 3.05) is 5.32 Å². The molecule has 20 heavy (non-hydrogen) atoms. The van der Waals surface area contributed by atoms with Crippen LogP contribution < -0.4 is 5.32 Å². The number of hydrogen-bond donors (Lipinski definition) is 1. The molecule has 0 fully saturated rings. The van der Waals surface area contributed by atoms with Crippen molar-refractivity contribution in [1.82, 2.24) is 4.98 Å². The molecule has 102 valence electrons. The van der Waals surface area contributed by atoms with Gasteiger partial charge in [0, 0.05) is 34.2 Å². The van der Waals surface area contributed by atoms with Gasteiger partial charge in [0.25, 0.3) is 11.6 Å². The maximum Gasteiger partial charge on any atom is 0.274 e. The van der Waals surface area contributed by atoms with Crippen LogP contribution in [0.4, 0.5) is 11.4 Å². The molecule has 2 aromatic rings. The first-order valence-electron chi connectivity index (χ1n) is 5.64. The average molecular weight is 336 g/mol. The average Bonchev–Trinajstić information content (AvgIpc) is 2.40. The van der Waals surface area contributed by atoms with Crippen LogP contribution in [-0.4, -0.2) is 15.8 Å². The number of benzene rings is 1. The highest BCUT2D eigenvalue weighted by molar-refractivity contribution is 9.10. The molecule has 1 aromatic heterocycles. The number of pyridine rings is 1. The van der Waals surface area contributed by atoms with E-state index in [4.69, 9.17) is 0 Å². The lowest BCUT2D eigenvalue weighted by Gasteiger charge is -2.06. The van der Waals surface area contributed by atoms with E-state index < -0.39 is 4.92 Å². The summed E-state index contributed by atoms with van der Waals surface area (Å²) in [6.07, 6.45) is 2.98. The number of amides is 1. The second kappa shape index (κ2) is 5.79. The van der Waals surface area contributed by atoms with Crippen molar-refractivity contribution in [1.29, 1.82) is 0 Å². The summed E-state index contributed by atoms with van der Waals surface area (Å²) in [5.41, 5.74) is 1.24. The lowest BCUT2D eigenvalue weighted by Crippen LogP contribution is -2.12. The van der Waals surface area contributed by atoms with Crippen molar-refractivity contribution in [2.45, 2.75) is 6.92 Å². The van der Waals surface area contributed by atoms with Crippen LogP contribution in [0, 0.1) is 17.0 Å². The van der Waals surface area contributed by atoms with Gasteiger partial charge >= 0.3 is 0 Å². The highest BCUT2D eigenvalue weighted by Crippen LogP contribution is 2.22. The highest BCUT2D eigenvalue weighted by atomic mass is 79.9. The Balaban J connectivity index is 2.24. The number of carbonyl (C=O) groups is 1. The lowest BCUT2D eigenvalue weighted by atomic mass is 10.2. The first-order valence-corrected chi connectivity index (χ1v) is 6.43. The van der Waals surface area contributed by atoms with E-state index in [0.717, 1.165) is 0 Å². The maximum absolute atomic E-state index is 12.0. The fourth-order valence-corrected chi connectivity index (χ4v) is 1.99. The van der Waals surface area contributed by atoms with E-state index in [0.29, 0.717) is 21.3 Å². The van der Waals surface area contributed by atoms with Crippen molar-refractivity contribution >= 4 is 33.2 Å². The molecule has 0 aliphatic rings. The van der Waals surface area contributed by atoms with Crippen molar-refractivity contribution in [3.8, 4) is 0 Å². The quantitative estimate of drug-likeness (QED) is 0.688. The molecule has 0 saturated heterocycles. The first-order chi connectivity index (χ1) is 9.47. The first kappa shape index (κ1) is 14.1. The van der Waals surface area contributed by atoms with E-state index in [-0.39, 0.29) is 11.6 Å². The van der Waals surface area contributed by atoms with Crippen molar-refractivity contribution in [3.63, 3.8) is 0 Å². The Hall–Kier alpha value is -2.28. The molecule has 1 amide bonds. The Kier molecular flexibility index (Phi) is 4.09. The summed E-state index contributed by atoms with van der Waals surface area (Å²) >= 11 is 3.22. The zero-order valence-electron chi connectivity index (χ0n) is 10.5. The van der Waals surface area contributed by atoms with Gasteiger partial charge in [-0.3, -0.25) is 19.9 Å². The van der Waals surface area contributed by atoms with Gasteiger partial charge < -0.3 is 5.32 Å². The Morgan fingerprint density at radius 1 is 1.35 bits per heavy atom. The van der Waals surface area contributed by atoms with Gasteiger partial charge in [-0.25, -0.2) is 0 Å². The SMILES string of the molecule is Cc1ccc(NC(=O)c2cncc(Br)c2)cc1[N+](=O)[O-]. The van der Waals surface area contributed by atoms with Crippen LogP contribution in [0.25, 0.3) is 0 Å². The molecule has 1 aromatic carbocycles. The normalized spacial score (nSPS) is 10.1. The van der Waals surface area contributed by atoms with Gasteiger partial charge in [-0.05, 0) is 35.0 Å². The summed E-state index contributed by atoms with van der Waals surface area (Å²) in [6.45, 7) is 1.64. The summed E-state index contributed by atoms with van der Waals surface area (Å²) in [5, 5.41) is 13.5. The smallest absolute Gasteiger partial charge is 0.274 e. The fourth-order valence-electron chi connectivity index (χ4n) is 1.62. The van der Waals surface area contributed by atoms with Gasteiger partial charge in [0.1, 0.15) is 0 Å². The van der Waals surface area contributed by atoms with Crippen LogP contribution >= 0.6 is 15.9 Å². The number of aromatic nitrogens is 1. The number of carbonyl (C=O) groups excluding carboxylic acids is 1. The molecule has 0 spiro atoms. The van der Waals surface area contributed by atoms with Gasteiger partial charge in [0.05, 0.1) is 10.5 Å². The summed E-state index contributed by atoms with van der Waals surface area (Å²) in [6, 6.07) is 6.15. The molecule has 0 unspecified atom stereocenters. The highest BCUT2D eigenvalue weighted by Gasteiger charge is 2.13. The minimum Gasteiger partial charge on any atom is -0.322 e. The second-order valence-electron chi connectivity index (χ2n) is 4.10. The molecule has 0 radical (unpaired) electrons. The summed E-state index contributed by atoms with van der Waals surface area (Å²) in [4.78, 5) is 26.3. The summed E-state index contributed by atoms with van der Waals surface area (Å²) in [5.74, 6) is -0.378. The monoisotopic (exact) mass is 335 g/mol. The van der Waals surface area contributed by atoms with Crippen LogP contribution in [0.3, 0.4) is 0 Å². The van der Waals surface area contributed by atoms with Gasteiger partial charge in [-0.2, -0.15) is 0 Å². The number of nitrogens with zero attached hydrogens (tertiary/aromatic N) is 2. The van der Waals surface area contributed by atoms with E-state index in [2.05, 4.69) is 26.2 Å². The molecule has 2 rings (SSSR count). The van der Waals surface area contributed by atoms with Crippen LogP contribution in [-0.2, 0) is 0 Å². The fraction of sp³-hybridized carbons (Fsp3) is 0.0769. The van der Waals surface area contributed by atoms with E-state index in [9.17, 15) is 14.9 Å². The number of nitrogens with one attached hydrogen (secondary N) is 1. The molecule has 0 aliphatic carbocycles. The molecule has 0 bridgehead atoms. The maximum atomic E-state index is 12.0. The molecule has 0 saturated carbocycles. The molecular formula is C13H10BrN3O3. The second-order valence-corrected chi connectivity index (χ2v) is 5.02. The van der Waals surface area contributed by atoms with Crippen molar-refractivity contribution in [3.05, 3.63) is 62.4 Å². The van der Waals surface area contributed by atoms with E-state index in [1.54, 1.807) is 31.3 Å². The number of anilines is 1. The van der Waals surface area contributed by atoms with Gasteiger partial charge in [-0.1, -0.05) is 6.07 Å². The van der Waals surface area contributed by atoms with Crippen LogP contribution in [0.2, 0.25) is 0 Å². The Labute approximate surface area is 123 Å². The van der Waals surface area contributed by atoms with Gasteiger partial charge in [0.15, 0.2) is 0 Å². The summed E-state index contributed by atoms with van der Waals surface area (Å²) < 4.78 is 0.681. The zero-order chi connectivity index (χ0) is 14.7. The van der Waals surface area contributed by atoms with E-state index >= 15 is 0 Å². The summed E-state index contributed by atoms with van der Waals surface area (Å²) in [7, 11) is 0. The lowest BCUT2D eigenvalue weighted by molar-refractivity contribution is -0.385. The minimum absolute atomic E-state index is 0.0323. The molecule has 1 N–H and O–H groups in total. The number of nitro benzene ring substituents is 1. The Bertz CT molecular complexity index is 688. The number of rotatable bonds is 3. The minimum atomic E-state index is -0.481. The van der Waals surface area contributed by atoms with Crippen LogP contribution in [0.15, 0.2) is 41.1 Å². The largest absolute Gasteiger partial charge is 0.322 e. The zero-order valence-corrected chi connectivity index (χ0v) is 12.0. The predicted octanol–water partition coefficient (Wildman–Crippen LogP) is 3.31. The number of hydrogen-bond acceptors (Lipinski definition) is 4. The third-order valence-electron chi connectivity index (χ3n) is 2.63. The van der Waals surface area contributed by atoms with Crippen LogP contribution in [0.1, 0.15) is 15.9 Å². The molecule has 0 aliphatic heterocycles. The van der Waals surface area contributed by atoms with Gasteiger partial charge in [0.2, 0.25) is 0 Å². The van der Waals surface area contributed by atoms with Gasteiger partial charge in [-0.15, -0.1) is 0 Å². The molecule has 6 nitrogen and oxygen atoms in total. The van der Waals surface area contributed by atoms with Crippen LogP contribution in [0.5, 0.6) is 0 Å². The molecular weight excluding hydrogens is 326 g/mol. The standard InChI is InChI=1S/C13H10BrN3O3/c1-8-2-3-11(5-12(8)17(19)20)16-13(18)9-4-10(14)7-15-6-9/h2-7H,1H3,(H,16,18). The topological polar surface area (TPSA) is 85.1 Å². The third kappa shape index (κ3) is 3.18. The number of aryl methyl sites for hydroxylation is 1. The van der Waals surface area contributed by atoms with E-state index in [1.807, 2.05) is 0 Å². The number of halogens is 1.